The molecule has 25 heavy (non-hydrogen) atoms. The zero-order valence-corrected chi connectivity index (χ0v) is 17.2. The highest BCUT2D eigenvalue weighted by atomic mass is 16.7. The predicted molar refractivity (Wildman–Crippen MR) is 100 cm³/mol. The van der Waals surface area contributed by atoms with E-state index in [1.54, 1.807) is 0 Å². The Morgan fingerprint density at radius 1 is 1.36 bits per heavy atom. The molecule has 7 atom stereocenters. The highest BCUT2D eigenvalue weighted by Crippen LogP contribution is 2.59. The Morgan fingerprint density at radius 2 is 2.00 bits per heavy atom. The molecule has 4 nitrogen and oxygen atoms in total. The van der Waals surface area contributed by atoms with Crippen LogP contribution in [0.5, 0.6) is 0 Å². The van der Waals surface area contributed by atoms with Crippen LogP contribution in [0.1, 0.15) is 74.1 Å². The summed E-state index contributed by atoms with van der Waals surface area (Å²) in [7, 11) is 0. The maximum Gasteiger partial charge on any atom is 0.161 e. The summed E-state index contributed by atoms with van der Waals surface area (Å²) in [4.78, 5) is 0. The predicted octanol–water partition coefficient (Wildman–Crippen LogP) is 4.66. The molecule has 0 radical (unpaired) electrons. The SMILES string of the molecule is C=C(OC(C)(C)C)[C@@H]1C[C@@]1(C)CC[C@@H](C)O[C@@H]1O[C@@H](C)[C@H](O)C[C@H]1C. The first kappa shape index (κ1) is 20.7. The molecule has 0 bridgehead atoms. The summed E-state index contributed by atoms with van der Waals surface area (Å²) in [6.45, 7) is 18.8. The van der Waals surface area contributed by atoms with E-state index in [0.29, 0.717) is 5.92 Å². The molecule has 0 amide bonds. The molecule has 0 aromatic heterocycles. The number of hydrogen-bond donors (Lipinski definition) is 1. The van der Waals surface area contributed by atoms with Gasteiger partial charge in [0.05, 0.1) is 24.1 Å². The van der Waals surface area contributed by atoms with Gasteiger partial charge in [0, 0.05) is 11.8 Å². The van der Waals surface area contributed by atoms with E-state index in [2.05, 4.69) is 48.1 Å². The highest BCUT2D eigenvalue weighted by Gasteiger charge is 2.52. The Bertz CT molecular complexity index is 469. The molecule has 1 heterocycles. The van der Waals surface area contributed by atoms with E-state index in [0.717, 1.165) is 31.4 Å². The molecule has 146 valence electrons. The minimum Gasteiger partial charge on any atom is -0.493 e. The van der Waals surface area contributed by atoms with E-state index in [9.17, 15) is 5.11 Å². The molecule has 0 unspecified atom stereocenters. The molecule has 1 aliphatic heterocycles. The zero-order valence-electron chi connectivity index (χ0n) is 17.2. The Kier molecular flexibility index (Phi) is 6.28. The molecule has 1 aliphatic carbocycles. The van der Waals surface area contributed by atoms with Gasteiger partial charge < -0.3 is 19.3 Å². The van der Waals surface area contributed by atoms with Crippen molar-refractivity contribution in [2.24, 2.45) is 17.3 Å². The first-order valence-electron chi connectivity index (χ1n) is 9.78. The second kappa shape index (κ2) is 7.58. The summed E-state index contributed by atoms with van der Waals surface area (Å²) >= 11 is 0. The van der Waals surface area contributed by atoms with Crippen LogP contribution in [-0.2, 0) is 14.2 Å². The van der Waals surface area contributed by atoms with Gasteiger partial charge >= 0.3 is 0 Å². The van der Waals surface area contributed by atoms with Crippen LogP contribution in [0.25, 0.3) is 0 Å². The number of allylic oxidation sites excluding steroid dienone is 1. The second-order valence-electron chi connectivity index (χ2n) is 9.57. The van der Waals surface area contributed by atoms with Crippen molar-refractivity contribution in [1.29, 1.82) is 0 Å². The third-order valence-electron chi connectivity index (χ3n) is 5.63. The van der Waals surface area contributed by atoms with Gasteiger partial charge in [-0.1, -0.05) is 20.4 Å². The van der Waals surface area contributed by atoms with Crippen LogP contribution in [0.3, 0.4) is 0 Å². The van der Waals surface area contributed by atoms with Crippen LogP contribution >= 0.6 is 0 Å². The van der Waals surface area contributed by atoms with Crippen LogP contribution in [0.15, 0.2) is 12.3 Å². The summed E-state index contributed by atoms with van der Waals surface area (Å²) in [5.74, 6) is 1.60. The number of aliphatic hydroxyl groups is 1. The van der Waals surface area contributed by atoms with Crippen molar-refractivity contribution in [2.45, 2.75) is 104 Å². The van der Waals surface area contributed by atoms with Crippen molar-refractivity contribution in [3.8, 4) is 0 Å². The molecule has 2 aliphatic rings. The van der Waals surface area contributed by atoms with Crippen molar-refractivity contribution in [3.05, 3.63) is 12.3 Å². The van der Waals surface area contributed by atoms with Crippen LogP contribution < -0.4 is 0 Å². The minimum absolute atomic E-state index is 0.143. The maximum atomic E-state index is 9.88. The number of rotatable bonds is 7. The fraction of sp³-hybridized carbons (Fsp3) is 0.905. The van der Waals surface area contributed by atoms with E-state index >= 15 is 0 Å². The number of aliphatic hydroxyl groups excluding tert-OH is 1. The third kappa shape index (κ3) is 5.70. The van der Waals surface area contributed by atoms with Crippen LogP contribution in [0.2, 0.25) is 0 Å². The average Bonchev–Trinajstić information content (AvgIpc) is 3.14. The summed E-state index contributed by atoms with van der Waals surface area (Å²) in [6.07, 6.45) is 3.38. The van der Waals surface area contributed by atoms with E-state index in [1.165, 1.54) is 0 Å². The smallest absolute Gasteiger partial charge is 0.161 e. The van der Waals surface area contributed by atoms with E-state index in [4.69, 9.17) is 14.2 Å². The van der Waals surface area contributed by atoms with Crippen molar-refractivity contribution in [1.82, 2.24) is 0 Å². The van der Waals surface area contributed by atoms with Crippen LogP contribution in [0, 0.1) is 17.3 Å². The second-order valence-corrected chi connectivity index (χ2v) is 9.57. The lowest BCUT2D eigenvalue weighted by atomic mass is 9.95. The van der Waals surface area contributed by atoms with Gasteiger partial charge in [0.25, 0.3) is 0 Å². The summed E-state index contributed by atoms with van der Waals surface area (Å²) in [6, 6.07) is 0. The van der Waals surface area contributed by atoms with Gasteiger partial charge in [0.1, 0.15) is 5.60 Å². The fourth-order valence-electron chi connectivity index (χ4n) is 3.77. The van der Waals surface area contributed by atoms with Gasteiger partial charge in [0.15, 0.2) is 6.29 Å². The molecule has 2 fully saturated rings. The van der Waals surface area contributed by atoms with Crippen LogP contribution in [-0.4, -0.2) is 35.3 Å². The van der Waals surface area contributed by atoms with Gasteiger partial charge in [-0.25, -0.2) is 0 Å². The lowest BCUT2D eigenvalue weighted by Gasteiger charge is -2.37. The third-order valence-corrected chi connectivity index (χ3v) is 5.63. The monoisotopic (exact) mass is 354 g/mol. The number of ether oxygens (including phenoxy) is 3. The van der Waals surface area contributed by atoms with Crippen LogP contribution in [0.4, 0.5) is 0 Å². The molecule has 1 N–H and O–H groups in total. The lowest BCUT2D eigenvalue weighted by molar-refractivity contribution is -0.255. The largest absolute Gasteiger partial charge is 0.493 e. The van der Waals surface area contributed by atoms with Crippen molar-refractivity contribution in [2.75, 3.05) is 0 Å². The van der Waals surface area contributed by atoms with Gasteiger partial charge in [0.2, 0.25) is 0 Å². The van der Waals surface area contributed by atoms with Crippen molar-refractivity contribution < 1.29 is 19.3 Å². The van der Waals surface area contributed by atoms with Gasteiger partial charge in [-0.15, -0.1) is 0 Å². The first-order chi connectivity index (χ1) is 11.4. The average molecular weight is 355 g/mol. The van der Waals surface area contributed by atoms with E-state index < -0.39 is 0 Å². The first-order valence-corrected chi connectivity index (χ1v) is 9.78. The fourth-order valence-corrected chi connectivity index (χ4v) is 3.77. The zero-order chi connectivity index (χ0) is 19.0. The Morgan fingerprint density at radius 3 is 2.60 bits per heavy atom. The molecule has 4 heteroatoms. The summed E-state index contributed by atoms with van der Waals surface area (Å²) < 4.78 is 17.9. The lowest BCUT2D eigenvalue weighted by Crippen LogP contribution is -2.44. The summed E-state index contributed by atoms with van der Waals surface area (Å²) in [5, 5.41) is 9.88. The molecule has 0 aromatic rings. The Hall–Kier alpha value is -0.580. The standard InChI is InChI=1S/C21H38O4/c1-13-11-18(22)16(4)24-19(13)23-14(2)9-10-21(8)12-17(21)15(3)25-20(5,6)7/h13-14,16-19,22H,3,9-12H2,1-2,4-8H3/t13-,14-,16+,17+,18-,19-,21-/m1/s1. The van der Waals surface area contributed by atoms with E-state index in [-0.39, 0.29) is 41.5 Å². The minimum atomic E-state index is -0.384. The number of hydrogen-bond acceptors (Lipinski definition) is 4. The maximum absolute atomic E-state index is 9.88. The Balaban J connectivity index is 1.75. The van der Waals surface area contributed by atoms with Gasteiger partial charge in [-0.2, -0.15) is 0 Å². The Labute approximate surface area is 153 Å². The molecule has 2 rings (SSSR count). The van der Waals surface area contributed by atoms with E-state index in [1.807, 2.05) is 6.92 Å². The quantitative estimate of drug-likeness (QED) is 0.676. The topological polar surface area (TPSA) is 47.9 Å². The molecule has 0 aromatic carbocycles. The molecule has 0 spiro atoms. The van der Waals surface area contributed by atoms with Crippen molar-refractivity contribution >= 4 is 0 Å². The normalized spacial score (nSPS) is 39.8. The van der Waals surface area contributed by atoms with Gasteiger partial charge in [-0.3, -0.25) is 0 Å². The van der Waals surface area contributed by atoms with Gasteiger partial charge in [-0.05, 0) is 65.7 Å². The molecular formula is C21H38O4. The van der Waals surface area contributed by atoms with Crippen molar-refractivity contribution in [3.63, 3.8) is 0 Å². The highest BCUT2D eigenvalue weighted by molar-refractivity contribution is 5.13. The summed E-state index contributed by atoms with van der Waals surface area (Å²) in [5.41, 5.74) is 0.106. The molecular weight excluding hydrogens is 316 g/mol. The molecule has 1 saturated carbocycles. The molecule has 1 saturated heterocycles.